The van der Waals surface area contributed by atoms with Gasteiger partial charge in [0.2, 0.25) is 11.8 Å². The summed E-state index contributed by atoms with van der Waals surface area (Å²) in [5, 5.41) is -0.165. The second kappa shape index (κ2) is 18.5. The molecule has 2 unspecified atom stereocenters. The summed E-state index contributed by atoms with van der Waals surface area (Å²) in [7, 11) is 1.64. The number of carbonyl (C=O) groups excluding carboxylic acids is 2. The molecule has 0 spiro atoms. The zero-order chi connectivity index (χ0) is 26.0. The first-order valence-electron chi connectivity index (χ1n) is 14.4. The Kier molecular flexibility index (Phi) is 15.7. The summed E-state index contributed by atoms with van der Waals surface area (Å²) >= 11 is 1.56. The van der Waals surface area contributed by atoms with Crippen LogP contribution < -0.4 is 10.5 Å². The topological polar surface area (TPSA) is 72.6 Å². The highest BCUT2D eigenvalue weighted by Crippen LogP contribution is 2.41. The first-order chi connectivity index (χ1) is 17.6. The molecule has 0 aliphatic carbocycles. The second-order valence-corrected chi connectivity index (χ2v) is 11.3. The monoisotopic (exact) mass is 518 g/mol. The van der Waals surface area contributed by atoms with E-state index >= 15 is 0 Å². The summed E-state index contributed by atoms with van der Waals surface area (Å²) < 4.78 is 5.24. The normalized spacial score (nSPS) is 16.4. The number of methoxy groups -OCH3 is 1. The molecular formula is C30H50N2O3S. The minimum absolute atomic E-state index is 0.00103. The van der Waals surface area contributed by atoms with Crippen LogP contribution in [0.25, 0.3) is 0 Å². The Morgan fingerprint density at radius 1 is 0.889 bits per heavy atom. The van der Waals surface area contributed by atoms with Crippen LogP contribution >= 0.6 is 11.8 Å². The Morgan fingerprint density at radius 3 is 1.81 bits per heavy atom. The molecule has 1 saturated heterocycles. The highest BCUT2D eigenvalue weighted by atomic mass is 32.2. The van der Waals surface area contributed by atoms with Crippen molar-refractivity contribution >= 4 is 23.6 Å². The van der Waals surface area contributed by atoms with Gasteiger partial charge >= 0.3 is 0 Å². The van der Waals surface area contributed by atoms with Crippen molar-refractivity contribution in [3.8, 4) is 5.75 Å². The van der Waals surface area contributed by atoms with Crippen molar-refractivity contribution < 1.29 is 14.3 Å². The lowest BCUT2D eigenvalue weighted by molar-refractivity contribution is -0.137. The van der Waals surface area contributed by atoms with Crippen molar-refractivity contribution in [2.75, 3.05) is 12.9 Å². The van der Waals surface area contributed by atoms with Crippen LogP contribution in [0.2, 0.25) is 0 Å². The number of nitrogens with zero attached hydrogens (tertiary/aromatic N) is 1. The van der Waals surface area contributed by atoms with E-state index in [9.17, 15) is 9.59 Å². The molecule has 1 aromatic rings. The molecule has 2 N–H and O–H groups in total. The predicted octanol–water partition coefficient (Wildman–Crippen LogP) is 7.77. The van der Waals surface area contributed by atoms with Crippen molar-refractivity contribution in [1.82, 2.24) is 4.90 Å². The lowest BCUT2D eigenvalue weighted by Crippen LogP contribution is -2.46. The Hall–Kier alpha value is -1.69. The summed E-state index contributed by atoms with van der Waals surface area (Å²) in [5.41, 5.74) is 6.77. The van der Waals surface area contributed by atoms with Gasteiger partial charge < -0.3 is 15.4 Å². The summed E-state index contributed by atoms with van der Waals surface area (Å²) in [5.74, 6) is 0.769. The highest BCUT2D eigenvalue weighted by Gasteiger charge is 2.39. The molecule has 0 radical (unpaired) electrons. The SMILES string of the molecule is CCCCCCCCCCCCCCCCCCC(C(N)=O)N1C(=O)CSC1c1ccc(OC)cc1. The first kappa shape index (κ1) is 30.5. The molecule has 6 heteroatoms. The lowest BCUT2D eigenvalue weighted by atomic mass is 10.0. The van der Waals surface area contributed by atoms with Crippen LogP contribution in [0.3, 0.4) is 0 Å². The number of ether oxygens (including phenoxy) is 1. The largest absolute Gasteiger partial charge is 0.497 e. The first-order valence-corrected chi connectivity index (χ1v) is 15.5. The number of hydrogen-bond acceptors (Lipinski definition) is 4. The Balaban J connectivity index is 1.58. The summed E-state index contributed by atoms with van der Waals surface area (Å²) in [6.07, 6.45) is 21.7. The van der Waals surface area contributed by atoms with Crippen LogP contribution in [0.4, 0.5) is 0 Å². The number of amides is 2. The average Bonchev–Trinajstić information content (AvgIpc) is 3.26. The maximum atomic E-state index is 12.7. The van der Waals surface area contributed by atoms with Crippen LogP contribution in [0.5, 0.6) is 5.75 Å². The van der Waals surface area contributed by atoms with E-state index < -0.39 is 11.9 Å². The molecule has 0 aromatic heterocycles. The maximum absolute atomic E-state index is 12.7. The third kappa shape index (κ3) is 11.1. The number of hydrogen-bond donors (Lipinski definition) is 1. The fourth-order valence-corrected chi connectivity index (χ4v) is 6.33. The molecule has 1 fully saturated rings. The lowest BCUT2D eigenvalue weighted by Gasteiger charge is -2.31. The molecule has 5 nitrogen and oxygen atoms in total. The molecule has 0 saturated carbocycles. The van der Waals surface area contributed by atoms with Crippen LogP contribution in [0.1, 0.15) is 127 Å². The summed E-state index contributed by atoms with van der Waals surface area (Å²) in [6, 6.07) is 7.19. The van der Waals surface area contributed by atoms with E-state index in [1.807, 2.05) is 24.3 Å². The van der Waals surface area contributed by atoms with Gasteiger partial charge in [0.25, 0.3) is 0 Å². The second-order valence-electron chi connectivity index (χ2n) is 10.2. The molecule has 2 atom stereocenters. The maximum Gasteiger partial charge on any atom is 0.240 e. The minimum atomic E-state index is -0.536. The number of carbonyl (C=O) groups is 2. The van der Waals surface area contributed by atoms with Crippen molar-refractivity contribution in [3.05, 3.63) is 29.8 Å². The van der Waals surface area contributed by atoms with Crippen molar-refractivity contribution in [1.29, 1.82) is 0 Å². The van der Waals surface area contributed by atoms with Gasteiger partial charge in [-0.05, 0) is 24.1 Å². The number of thioether (sulfide) groups is 1. The van der Waals surface area contributed by atoms with Crippen LogP contribution in [-0.4, -0.2) is 35.6 Å². The van der Waals surface area contributed by atoms with Crippen LogP contribution in [0, 0.1) is 0 Å². The van der Waals surface area contributed by atoms with E-state index in [1.54, 1.807) is 23.8 Å². The van der Waals surface area contributed by atoms with Gasteiger partial charge in [0.05, 0.1) is 12.9 Å². The fraction of sp³-hybridized carbons (Fsp3) is 0.733. The quantitative estimate of drug-likeness (QED) is 0.169. The van der Waals surface area contributed by atoms with Crippen LogP contribution in [-0.2, 0) is 9.59 Å². The van der Waals surface area contributed by atoms with Crippen molar-refractivity contribution in [2.45, 2.75) is 127 Å². The number of nitrogens with two attached hydrogens (primary N) is 1. The Morgan fingerprint density at radius 2 is 1.36 bits per heavy atom. The zero-order valence-electron chi connectivity index (χ0n) is 22.8. The van der Waals surface area contributed by atoms with Crippen molar-refractivity contribution in [2.24, 2.45) is 5.73 Å². The average molecular weight is 519 g/mol. The van der Waals surface area contributed by atoms with E-state index in [0.717, 1.165) is 24.2 Å². The molecule has 2 rings (SSSR count). The van der Waals surface area contributed by atoms with Gasteiger partial charge in [0, 0.05) is 0 Å². The van der Waals surface area contributed by atoms with E-state index in [4.69, 9.17) is 10.5 Å². The minimum Gasteiger partial charge on any atom is -0.497 e. The van der Waals surface area contributed by atoms with Gasteiger partial charge in [-0.1, -0.05) is 122 Å². The molecule has 36 heavy (non-hydrogen) atoms. The zero-order valence-corrected chi connectivity index (χ0v) is 23.7. The van der Waals surface area contributed by atoms with Gasteiger partial charge in [-0.2, -0.15) is 0 Å². The smallest absolute Gasteiger partial charge is 0.240 e. The third-order valence-corrected chi connectivity index (χ3v) is 8.53. The van der Waals surface area contributed by atoms with Gasteiger partial charge in [-0.15, -0.1) is 11.8 Å². The molecule has 0 bridgehead atoms. The fourth-order valence-electron chi connectivity index (χ4n) is 5.10. The van der Waals surface area contributed by atoms with Crippen molar-refractivity contribution in [3.63, 3.8) is 0 Å². The Labute approximate surface area is 224 Å². The molecule has 1 aliphatic rings. The van der Waals surface area contributed by atoms with Gasteiger partial charge in [0.1, 0.15) is 17.2 Å². The molecule has 2 amide bonds. The highest BCUT2D eigenvalue weighted by molar-refractivity contribution is 8.00. The van der Waals surface area contributed by atoms with Gasteiger partial charge in [-0.25, -0.2) is 0 Å². The van der Waals surface area contributed by atoms with Crippen LogP contribution in [0.15, 0.2) is 24.3 Å². The molecule has 1 aliphatic heterocycles. The standard InChI is InChI=1S/C30H50N2O3S/c1-3-4-5-6-7-8-9-10-11-12-13-14-15-16-17-18-19-27(29(31)34)32-28(33)24-36-30(32)25-20-22-26(35-2)23-21-25/h20-23,27,30H,3-19,24H2,1-2H3,(H2,31,34). The Bertz CT molecular complexity index is 740. The van der Waals surface area contributed by atoms with E-state index in [2.05, 4.69) is 6.92 Å². The number of rotatable bonds is 21. The van der Waals surface area contributed by atoms with E-state index in [1.165, 1.54) is 89.9 Å². The number of benzene rings is 1. The molecule has 1 heterocycles. The van der Waals surface area contributed by atoms with Gasteiger partial charge in [0.15, 0.2) is 0 Å². The molecule has 1 aromatic carbocycles. The third-order valence-electron chi connectivity index (χ3n) is 7.30. The predicted molar refractivity (Wildman–Crippen MR) is 152 cm³/mol. The van der Waals surface area contributed by atoms with E-state index in [0.29, 0.717) is 12.2 Å². The summed E-state index contributed by atoms with van der Waals surface area (Å²) in [4.78, 5) is 26.7. The molecule has 204 valence electrons. The number of unbranched alkanes of at least 4 members (excludes halogenated alkanes) is 15. The molecular weight excluding hydrogens is 468 g/mol. The van der Waals surface area contributed by atoms with E-state index in [-0.39, 0.29) is 11.3 Å². The number of primary amides is 1. The summed E-state index contributed by atoms with van der Waals surface area (Å²) in [6.45, 7) is 2.27. The van der Waals surface area contributed by atoms with Gasteiger partial charge in [-0.3, -0.25) is 9.59 Å².